The number of aliphatic hydroxyl groups excluding tert-OH is 1. The molecule has 0 aliphatic heterocycles. The summed E-state index contributed by atoms with van der Waals surface area (Å²) in [6.07, 6.45) is 2.50. The molecular formula is C10H17FO4S. The van der Waals surface area contributed by atoms with E-state index >= 15 is 0 Å². The molecule has 4 nitrogen and oxygen atoms in total. The molecule has 0 radical (unpaired) electrons. The molecule has 0 aromatic carbocycles. The number of esters is 1. The van der Waals surface area contributed by atoms with Crippen molar-refractivity contribution < 1.29 is 23.2 Å². The van der Waals surface area contributed by atoms with Gasteiger partial charge in [0.05, 0.1) is 16.9 Å². The van der Waals surface area contributed by atoms with Gasteiger partial charge in [0, 0.05) is 6.26 Å². The smallest absolute Gasteiger partial charge is 0.357 e. The van der Waals surface area contributed by atoms with Crippen molar-refractivity contribution in [2.75, 3.05) is 6.26 Å². The zero-order chi connectivity index (χ0) is 12.3. The third-order valence-corrected chi connectivity index (χ3v) is 4.08. The van der Waals surface area contributed by atoms with Gasteiger partial charge in [-0.2, -0.15) is 0 Å². The summed E-state index contributed by atoms with van der Waals surface area (Å²) in [5.41, 5.74) is 0. The number of carbonyl (C=O) groups is 1. The fourth-order valence-corrected chi connectivity index (χ4v) is 1.86. The van der Waals surface area contributed by atoms with Crippen LogP contribution in [0.3, 0.4) is 0 Å². The lowest BCUT2D eigenvalue weighted by atomic mass is 9.95. The third-order valence-electron chi connectivity index (χ3n) is 2.83. The first-order valence-electron chi connectivity index (χ1n) is 5.27. The molecule has 94 valence electrons. The van der Waals surface area contributed by atoms with Crippen LogP contribution in [0.4, 0.5) is 4.39 Å². The SMILES string of the molecule is CS(=O)C(C)(F)C(=O)OC1CCCCC1O. The quantitative estimate of drug-likeness (QED) is 0.758. The van der Waals surface area contributed by atoms with Crippen molar-refractivity contribution in [3.63, 3.8) is 0 Å². The van der Waals surface area contributed by atoms with Gasteiger partial charge in [0.15, 0.2) is 0 Å². The maximum absolute atomic E-state index is 13.6. The predicted molar refractivity (Wildman–Crippen MR) is 57.9 cm³/mol. The van der Waals surface area contributed by atoms with Crippen LogP contribution in [0.25, 0.3) is 0 Å². The van der Waals surface area contributed by atoms with Crippen LogP contribution >= 0.6 is 0 Å². The van der Waals surface area contributed by atoms with Crippen molar-refractivity contribution in [1.29, 1.82) is 0 Å². The van der Waals surface area contributed by atoms with Gasteiger partial charge >= 0.3 is 5.97 Å². The standard InChI is InChI=1S/C10H17FO4S/c1-10(11,16(2)14)9(13)15-8-6-4-3-5-7(8)12/h7-8,12H,3-6H2,1-2H3. The summed E-state index contributed by atoms with van der Waals surface area (Å²) < 4.78 is 29.5. The van der Waals surface area contributed by atoms with Gasteiger partial charge in [-0.25, -0.2) is 9.18 Å². The van der Waals surface area contributed by atoms with Crippen LogP contribution in [0.1, 0.15) is 32.6 Å². The van der Waals surface area contributed by atoms with Gasteiger partial charge in [0.1, 0.15) is 6.10 Å². The Labute approximate surface area is 96.6 Å². The molecule has 0 saturated heterocycles. The first-order valence-corrected chi connectivity index (χ1v) is 6.83. The highest BCUT2D eigenvalue weighted by Gasteiger charge is 2.41. The van der Waals surface area contributed by atoms with E-state index in [0.29, 0.717) is 12.8 Å². The number of halogens is 1. The van der Waals surface area contributed by atoms with E-state index in [-0.39, 0.29) is 0 Å². The van der Waals surface area contributed by atoms with Crippen LogP contribution < -0.4 is 0 Å². The lowest BCUT2D eigenvalue weighted by molar-refractivity contribution is -0.165. The molecule has 0 aromatic rings. The van der Waals surface area contributed by atoms with E-state index in [2.05, 4.69) is 0 Å². The number of alkyl halides is 1. The largest absolute Gasteiger partial charge is 0.457 e. The Bertz CT molecular complexity index is 293. The summed E-state index contributed by atoms with van der Waals surface area (Å²) in [6, 6.07) is 0. The molecular weight excluding hydrogens is 235 g/mol. The van der Waals surface area contributed by atoms with Crippen molar-refractivity contribution in [3.05, 3.63) is 0 Å². The highest BCUT2D eigenvalue weighted by molar-refractivity contribution is 7.86. The highest BCUT2D eigenvalue weighted by atomic mass is 32.2. The molecule has 16 heavy (non-hydrogen) atoms. The molecule has 0 aromatic heterocycles. The summed E-state index contributed by atoms with van der Waals surface area (Å²) in [5.74, 6) is -1.15. The van der Waals surface area contributed by atoms with Crippen molar-refractivity contribution in [1.82, 2.24) is 0 Å². The van der Waals surface area contributed by atoms with E-state index in [1.807, 2.05) is 0 Å². The Balaban J connectivity index is 2.59. The fraction of sp³-hybridized carbons (Fsp3) is 0.900. The Morgan fingerprint density at radius 3 is 2.56 bits per heavy atom. The number of aliphatic hydroxyl groups is 1. The summed E-state index contributed by atoms with van der Waals surface area (Å²) >= 11 is 0. The molecule has 1 rings (SSSR count). The minimum atomic E-state index is -2.50. The van der Waals surface area contributed by atoms with Crippen LogP contribution in [-0.2, 0) is 20.3 Å². The summed E-state index contributed by atoms with van der Waals surface area (Å²) in [4.78, 5) is 11.4. The van der Waals surface area contributed by atoms with Gasteiger partial charge in [-0.15, -0.1) is 0 Å². The number of hydrogen-bond acceptors (Lipinski definition) is 4. The molecule has 1 fully saturated rings. The lowest BCUT2D eigenvalue weighted by Gasteiger charge is -2.29. The maximum atomic E-state index is 13.6. The zero-order valence-corrected chi connectivity index (χ0v) is 10.3. The summed E-state index contributed by atoms with van der Waals surface area (Å²) in [7, 11) is -1.94. The van der Waals surface area contributed by atoms with Gasteiger partial charge in [-0.05, 0) is 26.2 Å². The van der Waals surface area contributed by atoms with E-state index in [1.165, 1.54) is 0 Å². The van der Waals surface area contributed by atoms with Gasteiger partial charge in [-0.1, -0.05) is 6.42 Å². The predicted octanol–water partition coefficient (Wildman–Crippen LogP) is 0.897. The van der Waals surface area contributed by atoms with E-state index < -0.39 is 34.0 Å². The number of carbonyl (C=O) groups excluding carboxylic acids is 1. The van der Waals surface area contributed by atoms with Crippen LogP contribution in [0, 0.1) is 0 Å². The number of hydrogen-bond donors (Lipinski definition) is 1. The molecule has 0 amide bonds. The first kappa shape index (κ1) is 13.6. The number of rotatable bonds is 3. The molecule has 1 aliphatic carbocycles. The van der Waals surface area contributed by atoms with E-state index in [1.54, 1.807) is 0 Å². The molecule has 4 atom stereocenters. The summed E-state index contributed by atoms with van der Waals surface area (Å²) in [5, 5.41) is 7.04. The molecule has 4 unspecified atom stereocenters. The molecule has 0 bridgehead atoms. The second-order valence-corrected chi connectivity index (χ2v) is 5.84. The van der Waals surface area contributed by atoms with Crippen molar-refractivity contribution in [3.8, 4) is 0 Å². The first-order chi connectivity index (χ1) is 7.35. The Morgan fingerprint density at radius 2 is 2.06 bits per heavy atom. The highest BCUT2D eigenvalue weighted by Crippen LogP contribution is 2.24. The maximum Gasteiger partial charge on any atom is 0.357 e. The molecule has 6 heteroatoms. The van der Waals surface area contributed by atoms with Gasteiger partial charge in [0.25, 0.3) is 5.00 Å². The Morgan fingerprint density at radius 1 is 1.50 bits per heavy atom. The van der Waals surface area contributed by atoms with Crippen LogP contribution in [0.15, 0.2) is 0 Å². The average Bonchev–Trinajstić information content (AvgIpc) is 2.21. The van der Waals surface area contributed by atoms with Crippen molar-refractivity contribution in [2.24, 2.45) is 0 Å². The average molecular weight is 252 g/mol. The van der Waals surface area contributed by atoms with E-state index in [9.17, 15) is 18.5 Å². The molecule has 0 spiro atoms. The van der Waals surface area contributed by atoms with Crippen molar-refractivity contribution >= 4 is 16.8 Å². The summed E-state index contributed by atoms with van der Waals surface area (Å²) in [6.45, 7) is 0.931. The number of ether oxygens (including phenoxy) is 1. The zero-order valence-electron chi connectivity index (χ0n) is 9.44. The Kier molecular flexibility index (Phi) is 4.43. The minimum Gasteiger partial charge on any atom is -0.457 e. The fourth-order valence-electron chi connectivity index (χ4n) is 1.57. The lowest BCUT2D eigenvalue weighted by Crippen LogP contribution is -2.42. The molecule has 0 heterocycles. The van der Waals surface area contributed by atoms with Gasteiger partial charge in [-0.3, -0.25) is 4.21 Å². The topological polar surface area (TPSA) is 63.6 Å². The van der Waals surface area contributed by atoms with E-state index in [4.69, 9.17) is 4.74 Å². The second kappa shape index (κ2) is 5.23. The van der Waals surface area contributed by atoms with E-state index in [0.717, 1.165) is 26.0 Å². The monoisotopic (exact) mass is 252 g/mol. The second-order valence-electron chi connectivity index (χ2n) is 4.17. The van der Waals surface area contributed by atoms with Gasteiger partial charge < -0.3 is 9.84 Å². The minimum absolute atomic E-state index is 0.527. The molecule has 1 N–H and O–H groups in total. The molecule has 1 aliphatic rings. The Hall–Kier alpha value is -0.490. The molecule has 1 saturated carbocycles. The van der Waals surface area contributed by atoms with Crippen molar-refractivity contribution in [2.45, 2.75) is 49.8 Å². The normalized spacial score (nSPS) is 31.5. The van der Waals surface area contributed by atoms with Gasteiger partial charge in [0.2, 0.25) is 0 Å². The van der Waals surface area contributed by atoms with Crippen LogP contribution in [-0.4, -0.2) is 38.7 Å². The van der Waals surface area contributed by atoms with Crippen LogP contribution in [0.5, 0.6) is 0 Å². The third kappa shape index (κ3) is 3.01. The van der Waals surface area contributed by atoms with Crippen LogP contribution in [0.2, 0.25) is 0 Å².